The topological polar surface area (TPSA) is 46.2 Å². The van der Waals surface area contributed by atoms with E-state index >= 15 is 0 Å². The second kappa shape index (κ2) is 6.73. The predicted molar refractivity (Wildman–Crippen MR) is 88.7 cm³/mol. The summed E-state index contributed by atoms with van der Waals surface area (Å²) in [5.41, 5.74) is 1.10. The lowest BCUT2D eigenvalue weighted by molar-refractivity contribution is 0.540. The van der Waals surface area contributed by atoms with Crippen molar-refractivity contribution in [3.8, 4) is 0 Å². The van der Waals surface area contributed by atoms with Crippen LogP contribution in [0, 0.1) is 0 Å². The Labute approximate surface area is 130 Å². The Balaban J connectivity index is 1.96. The van der Waals surface area contributed by atoms with Crippen LogP contribution in [0.5, 0.6) is 0 Å². The van der Waals surface area contributed by atoms with Crippen LogP contribution in [-0.2, 0) is 9.84 Å². The summed E-state index contributed by atoms with van der Waals surface area (Å²) in [6.07, 6.45) is 1.23. The lowest BCUT2D eigenvalue weighted by Gasteiger charge is -2.17. The Morgan fingerprint density at radius 3 is 2.33 bits per heavy atom. The molecule has 0 fully saturated rings. The summed E-state index contributed by atoms with van der Waals surface area (Å²) in [7, 11) is -3.12. The van der Waals surface area contributed by atoms with E-state index in [1.54, 1.807) is 23.5 Å². The number of hydrogen-bond acceptors (Lipinski definition) is 4. The van der Waals surface area contributed by atoms with Gasteiger partial charge in [-0.25, -0.2) is 8.42 Å². The van der Waals surface area contributed by atoms with Gasteiger partial charge in [-0.05, 0) is 36.1 Å². The Kier molecular flexibility index (Phi) is 5.19. The third-order valence-electron chi connectivity index (χ3n) is 3.57. The average molecular weight is 323 g/mol. The van der Waals surface area contributed by atoms with Gasteiger partial charge in [-0.2, -0.15) is 0 Å². The van der Waals surface area contributed by atoms with E-state index in [1.807, 2.05) is 12.1 Å². The fourth-order valence-corrected chi connectivity index (χ4v) is 3.56. The van der Waals surface area contributed by atoms with E-state index in [4.69, 9.17) is 0 Å². The number of hydrogen-bond donors (Lipinski definition) is 1. The monoisotopic (exact) mass is 323 g/mol. The highest BCUT2D eigenvalue weighted by molar-refractivity contribution is 7.90. The van der Waals surface area contributed by atoms with Crippen LogP contribution in [0.3, 0.4) is 0 Å². The average Bonchev–Trinajstić information content (AvgIpc) is 2.98. The summed E-state index contributed by atoms with van der Waals surface area (Å²) in [6, 6.07) is 11.5. The van der Waals surface area contributed by atoms with E-state index in [1.165, 1.54) is 11.1 Å². The molecule has 0 aliphatic carbocycles. The van der Waals surface area contributed by atoms with Gasteiger partial charge in [-0.1, -0.05) is 25.1 Å². The number of rotatable bonds is 6. The van der Waals surface area contributed by atoms with Crippen molar-refractivity contribution in [2.45, 2.75) is 30.7 Å². The van der Waals surface area contributed by atoms with Crippen LogP contribution in [0.25, 0.3) is 0 Å². The van der Waals surface area contributed by atoms with Crippen molar-refractivity contribution < 1.29 is 8.42 Å². The maximum absolute atomic E-state index is 11.4. The summed E-state index contributed by atoms with van der Waals surface area (Å²) in [4.78, 5) is 1.74. The zero-order chi connectivity index (χ0) is 15.5. The molecule has 0 saturated heterocycles. The van der Waals surface area contributed by atoms with E-state index in [2.05, 4.69) is 36.7 Å². The van der Waals surface area contributed by atoms with Gasteiger partial charge in [0.05, 0.1) is 4.90 Å². The maximum Gasteiger partial charge on any atom is 0.175 e. The van der Waals surface area contributed by atoms with Gasteiger partial charge < -0.3 is 5.32 Å². The number of benzene rings is 1. The molecule has 0 spiro atoms. The summed E-state index contributed by atoms with van der Waals surface area (Å²) in [6.45, 7) is 5.20. The molecule has 114 valence electrons. The van der Waals surface area contributed by atoms with E-state index in [0.29, 0.717) is 10.8 Å². The molecule has 2 aromatic rings. The first-order chi connectivity index (χ1) is 9.88. The second-order valence-corrected chi connectivity index (χ2v) is 8.38. The molecule has 1 aromatic carbocycles. The van der Waals surface area contributed by atoms with Gasteiger partial charge in [-0.3, -0.25) is 0 Å². The van der Waals surface area contributed by atoms with E-state index in [9.17, 15) is 8.42 Å². The second-order valence-electron chi connectivity index (χ2n) is 5.39. The zero-order valence-corrected chi connectivity index (χ0v) is 14.2. The third-order valence-corrected chi connectivity index (χ3v) is 5.80. The zero-order valence-electron chi connectivity index (χ0n) is 12.5. The molecule has 1 N–H and O–H groups in total. The van der Waals surface area contributed by atoms with Crippen molar-refractivity contribution in [1.82, 2.24) is 5.32 Å². The third kappa shape index (κ3) is 4.40. The Hall–Kier alpha value is -1.17. The highest BCUT2D eigenvalue weighted by Crippen LogP contribution is 2.21. The fraction of sp³-hybridized carbons (Fsp3) is 0.375. The SMILES string of the molecule is C[C@H](CN[C@@H](C)c1ccc(S(C)(=O)=O)cc1)c1cccs1. The first-order valence-corrected chi connectivity index (χ1v) is 9.72. The molecular weight excluding hydrogens is 302 g/mol. The first kappa shape index (κ1) is 16.2. The van der Waals surface area contributed by atoms with Crippen molar-refractivity contribution in [3.05, 3.63) is 52.2 Å². The normalized spacial score (nSPS) is 14.8. The minimum absolute atomic E-state index is 0.195. The van der Waals surface area contributed by atoms with Crippen LogP contribution in [0.1, 0.15) is 36.2 Å². The molecule has 0 aliphatic rings. The van der Waals surface area contributed by atoms with Crippen molar-refractivity contribution in [2.75, 3.05) is 12.8 Å². The smallest absolute Gasteiger partial charge is 0.175 e. The molecule has 2 rings (SSSR count). The molecule has 1 aromatic heterocycles. The van der Waals surface area contributed by atoms with Crippen LogP contribution >= 0.6 is 11.3 Å². The van der Waals surface area contributed by atoms with Crippen molar-refractivity contribution in [3.63, 3.8) is 0 Å². The van der Waals surface area contributed by atoms with Crippen LogP contribution in [0.4, 0.5) is 0 Å². The summed E-state index contributed by atoms with van der Waals surface area (Å²) < 4.78 is 22.9. The molecule has 2 atom stereocenters. The standard InChI is InChI=1S/C16H21NO2S2/c1-12(16-5-4-10-20-16)11-17-13(2)14-6-8-15(9-7-14)21(3,18)19/h4-10,12-13,17H,11H2,1-3H3/t12-,13+/m1/s1. The Morgan fingerprint density at radius 1 is 1.14 bits per heavy atom. The Morgan fingerprint density at radius 2 is 1.81 bits per heavy atom. The Bertz CT molecular complexity index is 661. The molecule has 0 aliphatic heterocycles. The number of sulfone groups is 1. The van der Waals surface area contributed by atoms with Gasteiger partial charge >= 0.3 is 0 Å². The van der Waals surface area contributed by atoms with E-state index < -0.39 is 9.84 Å². The van der Waals surface area contributed by atoms with Crippen LogP contribution < -0.4 is 5.32 Å². The lowest BCUT2D eigenvalue weighted by Crippen LogP contribution is -2.23. The van der Waals surface area contributed by atoms with Crippen molar-refractivity contribution in [1.29, 1.82) is 0 Å². The van der Waals surface area contributed by atoms with Gasteiger partial charge in [0.25, 0.3) is 0 Å². The maximum atomic E-state index is 11.4. The fourth-order valence-electron chi connectivity index (χ4n) is 2.15. The molecule has 0 bridgehead atoms. The molecule has 0 radical (unpaired) electrons. The number of thiophene rings is 1. The predicted octanol–water partition coefficient (Wildman–Crippen LogP) is 3.61. The highest BCUT2D eigenvalue weighted by atomic mass is 32.2. The summed E-state index contributed by atoms with van der Waals surface area (Å²) >= 11 is 1.78. The van der Waals surface area contributed by atoms with Crippen molar-refractivity contribution in [2.24, 2.45) is 0 Å². The molecular formula is C16H21NO2S2. The first-order valence-electron chi connectivity index (χ1n) is 6.94. The molecule has 3 nitrogen and oxygen atoms in total. The van der Waals surface area contributed by atoms with Crippen LogP contribution in [-0.4, -0.2) is 21.2 Å². The van der Waals surface area contributed by atoms with Crippen LogP contribution in [0.15, 0.2) is 46.7 Å². The highest BCUT2D eigenvalue weighted by Gasteiger charge is 2.11. The van der Waals surface area contributed by atoms with Gasteiger partial charge in [0.1, 0.15) is 0 Å². The molecule has 0 saturated carbocycles. The molecule has 0 unspecified atom stereocenters. The minimum atomic E-state index is -3.12. The largest absolute Gasteiger partial charge is 0.310 e. The van der Waals surface area contributed by atoms with Crippen LogP contribution in [0.2, 0.25) is 0 Å². The van der Waals surface area contributed by atoms with E-state index in [0.717, 1.165) is 12.1 Å². The summed E-state index contributed by atoms with van der Waals surface area (Å²) in [5.74, 6) is 0.475. The molecule has 5 heteroatoms. The molecule has 21 heavy (non-hydrogen) atoms. The van der Waals surface area contributed by atoms with Gasteiger partial charge in [0, 0.05) is 29.6 Å². The summed E-state index contributed by atoms with van der Waals surface area (Å²) in [5, 5.41) is 5.60. The minimum Gasteiger partial charge on any atom is -0.310 e. The van der Waals surface area contributed by atoms with Gasteiger partial charge in [-0.15, -0.1) is 11.3 Å². The molecule has 1 heterocycles. The lowest BCUT2D eigenvalue weighted by atomic mass is 10.1. The van der Waals surface area contributed by atoms with Gasteiger partial charge in [0.2, 0.25) is 0 Å². The molecule has 0 amide bonds. The number of nitrogens with one attached hydrogen (secondary N) is 1. The van der Waals surface area contributed by atoms with Gasteiger partial charge in [0.15, 0.2) is 9.84 Å². The van der Waals surface area contributed by atoms with E-state index in [-0.39, 0.29) is 6.04 Å². The van der Waals surface area contributed by atoms with Crippen molar-refractivity contribution >= 4 is 21.2 Å². The quantitative estimate of drug-likeness (QED) is 0.883.